The fourth-order valence-electron chi connectivity index (χ4n) is 2.84. The van der Waals surface area contributed by atoms with Gasteiger partial charge in [0.2, 0.25) is 0 Å². The van der Waals surface area contributed by atoms with Crippen molar-refractivity contribution < 1.29 is 17.9 Å². The van der Waals surface area contributed by atoms with Crippen LogP contribution in [0, 0.1) is 11.3 Å². The Kier molecular flexibility index (Phi) is 5.02. The van der Waals surface area contributed by atoms with Crippen molar-refractivity contribution in [3.05, 3.63) is 50.9 Å². The average molecular weight is 388 g/mol. The summed E-state index contributed by atoms with van der Waals surface area (Å²) < 4.78 is 44.1. The lowest BCUT2D eigenvalue weighted by atomic mass is 9.90. The normalized spacial score (nSPS) is 18.5. The molecule has 4 nitrogen and oxygen atoms in total. The number of pyridine rings is 1. The fraction of sp³-hybridized carbons (Fsp3) is 0.375. The summed E-state index contributed by atoms with van der Waals surface area (Å²) in [4.78, 5) is 6.48. The highest BCUT2D eigenvalue weighted by molar-refractivity contribution is 7.10. The van der Waals surface area contributed by atoms with E-state index in [1.165, 1.54) is 11.3 Å². The van der Waals surface area contributed by atoms with Gasteiger partial charge in [-0.25, -0.2) is 0 Å². The van der Waals surface area contributed by atoms with Crippen molar-refractivity contribution in [2.45, 2.75) is 11.7 Å². The van der Waals surface area contributed by atoms with Gasteiger partial charge in [-0.15, -0.1) is 11.3 Å². The molecule has 9 heteroatoms. The van der Waals surface area contributed by atoms with Crippen molar-refractivity contribution >= 4 is 22.9 Å². The summed E-state index contributed by atoms with van der Waals surface area (Å²) in [7, 11) is 0. The highest BCUT2D eigenvalue weighted by Gasteiger charge is 2.46. The van der Waals surface area contributed by atoms with E-state index >= 15 is 0 Å². The maximum absolute atomic E-state index is 12.9. The van der Waals surface area contributed by atoms with E-state index in [0.717, 1.165) is 12.3 Å². The zero-order valence-electron chi connectivity index (χ0n) is 12.9. The Morgan fingerprint density at radius 1 is 1.32 bits per heavy atom. The van der Waals surface area contributed by atoms with Gasteiger partial charge in [0.1, 0.15) is 0 Å². The molecule has 0 aliphatic carbocycles. The molecule has 0 spiro atoms. The number of hydrogen-bond donors (Lipinski definition) is 0. The highest BCUT2D eigenvalue weighted by Crippen LogP contribution is 2.42. The van der Waals surface area contributed by atoms with Crippen molar-refractivity contribution in [1.29, 1.82) is 5.26 Å². The molecule has 3 rings (SSSR count). The third kappa shape index (κ3) is 3.25. The second-order valence-electron chi connectivity index (χ2n) is 5.45. The number of halogens is 4. The standard InChI is InChI=1S/C16H13ClF3N3OS/c17-12-8-11(16(18,19)20)9-22-14(12)15(10-21,13-2-1-7-25-13)23-3-5-24-6-4-23/h1-2,7-9H,3-6H2. The third-order valence-corrected chi connectivity index (χ3v) is 5.30. The summed E-state index contributed by atoms with van der Waals surface area (Å²) in [5.41, 5.74) is -2.19. The number of morpholine rings is 1. The van der Waals surface area contributed by atoms with Crippen molar-refractivity contribution in [1.82, 2.24) is 9.88 Å². The Bertz CT molecular complexity index is 785. The monoisotopic (exact) mass is 387 g/mol. The van der Waals surface area contributed by atoms with Crippen LogP contribution in [0.2, 0.25) is 5.02 Å². The predicted molar refractivity (Wildman–Crippen MR) is 87.4 cm³/mol. The molecule has 0 radical (unpaired) electrons. The van der Waals surface area contributed by atoms with Crippen LogP contribution in [0.1, 0.15) is 16.1 Å². The number of nitriles is 1. The van der Waals surface area contributed by atoms with E-state index in [9.17, 15) is 18.4 Å². The van der Waals surface area contributed by atoms with Gasteiger partial charge in [-0.2, -0.15) is 18.4 Å². The molecule has 0 aromatic carbocycles. The highest BCUT2D eigenvalue weighted by atomic mass is 35.5. The SMILES string of the molecule is N#CC(c1cccs1)(c1ncc(C(F)(F)F)cc1Cl)N1CCOCC1. The van der Waals surface area contributed by atoms with Crippen molar-refractivity contribution in [2.75, 3.05) is 26.3 Å². The molecule has 1 saturated heterocycles. The summed E-state index contributed by atoms with van der Waals surface area (Å²) in [5.74, 6) is 0. The molecule has 0 N–H and O–H groups in total. The molecule has 2 aromatic heterocycles. The van der Waals surface area contributed by atoms with Crippen molar-refractivity contribution in [2.24, 2.45) is 0 Å². The Morgan fingerprint density at radius 2 is 2.04 bits per heavy atom. The van der Waals surface area contributed by atoms with E-state index in [2.05, 4.69) is 11.1 Å². The fourth-order valence-corrected chi connectivity index (χ4v) is 4.05. The molecule has 1 aliphatic heterocycles. The van der Waals surface area contributed by atoms with E-state index in [1.54, 1.807) is 17.5 Å². The van der Waals surface area contributed by atoms with Gasteiger partial charge in [0.25, 0.3) is 0 Å². The Balaban J connectivity index is 2.17. The number of alkyl halides is 3. The van der Waals surface area contributed by atoms with Gasteiger partial charge in [-0.3, -0.25) is 9.88 Å². The van der Waals surface area contributed by atoms with Crippen LogP contribution in [0.5, 0.6) is 0 Å². The topological polar surface area (TPSA) is 49.2 Å². The Labute approximate surface area is 151 Å². The molecule has 3 heterocycles. The van der Waals surface area contributed by atoms with Gasteiger partial charge >= 0.3 is 6.18 Å². The van der Waals surface area contributed by atoms with Gasteiger partial charge in [0.15, 0.2) is 5.54 Å². The molecule has 1 unspecified atom stereocenters. The number of aromatic nitrogens is 1. The smallest absolute Gasteiger partial charge is 0.379 e. The molecule has 1 aliphatic rings. The van der Waals surface area contributed by atoms with Crippen LogP contribution in [0.15, 0.2) is 29.8 Å². The minimum absolute atomic E-state index is 0.106. The van der Waals surface area contributed by atoms with Gasteiger partial charge in [0, 0.05) is 24.2 Å². The van der Waals surface area contributed by atoms with Crippen LogP contribution >= 0.6 is 22.9 Å². The zero-order valence-corrected chi connectivity index (χ0v) is 14.5. The van der Waals surface area contributed by atoms with Crippen LogP contribution in [-0.2, 0) is 16.5 Å². The second kappa shape index (κ2) is 6.92. The van der Waals surface area contributed by atoms with E-state index in [-0.39, 0.29) is 10.7 Å². The molecular weight excluding hydrogens is 375 g/mol. The van der Waals surface area contributed by atoms with Crippen LogP contribution in [0.3, 0.4) is 0 Å². The summed E-state index contributed by atoms with van der Waals surface area (Å²) in [6.45, 7) is 1.75. The van der Waals surface area contributed by atoms with Gasteiger partial charge in [-0.05, 0) is 17.5 Å². The minimum atomic E-state index is -4.55. The van der Waals surface area contributed by atoms with E-state index in [1.807, 2.05) is 4.90 Å². The molecule has 0 saturated carbocycles. The van der Waals surface area contributed by atoms with Crippen LogP contribution in [0.4, 0.5) is 13.2 Å². The first-order valence-corrected chi connectivity index (χ1v) is 8.66. The maximum Gasteiger partial charge on any atom is 0.417 e. The molecular formula is C16H13ClF3N3OS. The van der Waals surface area contributed by atoms with Gasteiger partial charge in [0.05, 0.1) is 35.6 Å². The summed E-state index contributed by atoms with van der Waals surface area (Å²) in [5, 5.41) is 11.7. The summed E-state index contributed by atoms with van der Waals surface area (Å²) >= 11 is 7.50. The van der Waals surface area contributed by atoms with Crippen LogP contribution in [0.25, 0.3) is 0 Å². The molecule has 1 fully saturated rings. The second-order valence-corrected chi connectivity index (χ2v) is 6.81. The first-order valence-electron chi connectivity index (χ1n) is 7.41. The average Bonchev–Trinajstić information content (AvgIpc) is 3.12. The lowest BCUT2D eigenvalue weighted by Gasteiger charge is -2.40. The Morgan fingerprint density at radius 3 is 2.56 bits per heavy atom. The first kappa shape index (κ1) is 18.1. The van der Waals surface area contributed by atoms with E-state index in [0.29, 0.717) is 31.2 Å². The predicted octanol–water partition coefficient (Wildman–Crippen LogP) is 3.91. The summed E-state index contributed by atoms with van der Waals surface area (Å²) in [6.07, 6.45) is -3.83. The zero-order chi connectivity index (χ0) is 18.1. The lowest BCUT2D eigenvalue weighted by molar-refractivity contribution is -0.137. The van der Waals surface area contributed by atoms with Crippen LogP contribution < -0.4 is 0 Å². The molecule has 2 aromatic rings. The minimum Gasteiger partial charge on any atom is -0.379 e. The van der Waals surface area contributed by atoms with E-state index in [4.69, 9.17) is 16.3 Å². The number of thiophene rings is 1. The van der Waals surface area contributed by atoms with Crippen molar-refractivity contribution in [3.63, 3.8) is 0 Å². The Hall–Kier alpha value is -1.66. The number of hydrogen-bond acceptors (Lipinski definition) is 5. The van der Waals surface area contributed by atoms with E-state index < -0.39 is 17.3 Å². The molecule has 0 bridgehead atoms. The molecule has 132 valence electrons. The van der Waals surface area contributed by atoms with Gasteiger partial charge < -0.3 is 4.74 Å². The lowest BCUT2D eigenvalue weighted by Crippen LogP contribution is -2.51. The van der Waals surface area contributed by atoms with Crippen LogP contribution in [-0.4, -0.2) is 36.2 Å². The molecule has 1 atom stereocenters. The maximum atomic E-state index is 12.9. The number of ether oxygens (including phenoxy) is 1. The number of rotatable bonds is 3. The quantitative estimate of drug-likeness (QED) is 0.801. The van der Waals surface area contributed by atoms with Crippen molar-refractivity contribution in [3.8, 4) is 6.07 Å². The first-order chi connectivity index (χ1) is 11.9. The third-order valence-electron chi connectivity index (χ3n) is 4.04. The molecule has 0 amide bonds. The summed E-state index contributed by atoms with van der Waals surface area (Å²) in [6, 6.07) is 6.62. The largest absolute Gasteiger partial charge is 0.417 e. The number of nitrogens with zero attached hydrogens (tertiary/aromatic N) is 3. The molecule has 25 heavy (non-hydrogen) atoms. The van der Waals surface area contributed by atoms with Gasteiger partial charge in [-0.1, -0.05) is 17.7 Å².